The second-order valence-electron chi connectivity index (χ2n) is 3.98. The first kappa shape index (κ1) is 14.6. The highest BCUT2D eigenvalue weighted by molar-refractivity contribution is 7.99. The SMILES string of the molecule is CCNC(CC)c1ccccc1SCCCO. The third-order valence-corrected chi connectivity index (χ3v) is 3.89. The number of hydrogen-bond acceptors (Lipinski definition) is 3. The Morgan fingerprint density at radius 3 is 2.71 bits per heavy atom. The smallest absolute Gasteiger partial charge is 0.0439 e. The average molecular weight is 253 g/mol. The van der Waals surface area contributed by atoms with Crippen LogP contribution in [0.15, 0.2) is 29.2 Å². The summed E-state index contributed by atoms with van der Waals surface area (Å²) < 4.78 is 0. The van der Waals surface area contributed by atoms with Gasteiger partial charge in [-0.25, -0.2) is 0 Å². The van der Waals surface area contributed by atoms with Gasteiger partial charge in [-0.15, -0.1) is 11.8 Å². The highest BCUT2D eigenvalue weighted by Gasteiger charge is 2.11. The second kappa shape index (κ2) is 8.56. The lowest BCUT2D eigenvalue weighted by Gasteiger charge is -2.19. The number of aliphatic hydroxyl groups excluding tert-OH is 1. The van der Waals surface area contributed by atoms with Gasteiger partial charge in [0.05, 0.1) is 0 Å². The molecule has 1 rings (SSSR count). The van der Waals surface area contributed by atoms with Crippen LogP contribution in [-0.2, 0) is 0 Å². The van der Waals surface area contributed by atoms with E-state index < -0.39 is 0 Å². The maximum atomic E-state index is 8.83. The third-order valence-electron chi connectivity index (χ3n) is 2.71. The molecule has 1 aromatic rings. The minimum Gasteiger partial charge on any atom is -0.396 e. The summed E-state index contributed by atoms with van der Waals surface area (Å²) >= 11 is 1.84. The molecule has 0 fully saturated rings. The molecule has 0 aromatic heterocycles. The average Bonchev–Trinajstić information content (AvgIpc) is 2.37. The molecule has 0 radical (unpaired) electrons. The van der Waals surface area contributed by atoms with Crippen LogP contribution in [-0.4, -0.2) is 24.0 Å². The van der Waals surface area contributed by atoms with Crippen LogP contribution in [0.2, 0.25) is 0 Å². The number of hydrogen-bond donors (Lipinski definition) is 2. The first-order valence-electron chi connectivity index (χ1n) is 6.39. The van der Waals surface area contributed by atoms with E-state index in [0.29, 0.717) is 6.04 Å². The lowest BCUT2D eigenvalue weighted by molar-refractivity contribution is 0.296. The van der Waals surface area contributed by atoms with Crippen LogP contribution in [0.4, 0.5) is 0 Å². The summed E-state index contributed by atoms with van der Waals surface area (Å²) in [6.45, 7) is 5.63. The largest absolute Gasteiger partial charge is 0.396 e. The fraction of sp³-hybridized carbons (Fsp3) is 0.571. The summed E-state index contributed by atoms with van der Waals surface area (Å²) in [6.07, 6.45) is 1.96. The van der Waals surface area contributed by atoms with E-state index in [0.717, 1.165) is 25.1 Å². The summed E-state index contributed by atoms with van der Waals surface area (Å²) in [4.78, 5) is 1.34. The van der Waals surface area contributed by atoms with E-state index in [-0.39, 0.29) is 6.61 Å². The normalized spacial score (nSPS) is 12.6. The van der Waals surface area contributed by atoms with Crippen molar-refractivity contribution in [3.8, 4) is 0 Å². The van der Waals surface area contributed by atoms with E-state index in [1.807, 2.05) is 11.8 Å². The monoisotopic (exact) mass is 253 g/mol. The number of thioether (sulfide) groups is 1. The molecule has 96 valence electrons. The molecule has 0 saturated carbocycles. The van der Waals surface area contributed by atoms with Crippen molar-refractivity contribution in [2.45, 2.75) is 37.6 Å². The van der Waals surface area contributed by atoms with Crippen LogP contribution in [0.25, 0.3) is 0 Å². The van der Waals surface area contributed by atoms with Crippen LogP contribution in [0.3, 0.4) is 0 Å². The molecule has 2 nitrogen and oxygen atoms in total. The second-order valence-corrected chi connectivity index (χ2v) is 5.12. The number of rotatable bonds is 8. The van der Waals surface area contributed by atoms with E-state index >= 15 is 0 Å². The van der Waals surface area contributed by atoms with Gasteiger partial charge >= 0.3 is 0 Å². The molecule has 1 aromatic carbocycles. The van der Waals surface area contributed by atoms with Crippen molar-refractivity contribution in [1.29, 1.82) is 0 Å². The zero-order valence-electron chi connectivity index (χ0n) is 10.8. The maximum absolute atomic E-state index is 8.83. The molecule has 2 N–H and O–H groups in total. The van der Waals surface area contributed by atoms with E-state index in [4.69, 9.17) is 5.11 Å². The van der Waals surface area contributed by atoms with Crippen LogP contribution in [0.5, 0.6) is 0 Å². The quantitative estimate of drug-likeness (QED) is 0.551. The Bertz CT molecular complexity index is 317. The Morgan fingerprint density at radius 1 is 1.29 bits per heavy atom. The van der Waals surface area contributed by atoms with Gasteiger partial charge in [-0.2, -0.15) is 0 Å². The number of benzene rings is 1. The Balaban J connectivity index is 2.74. The van der Waals surface area contributed by atoms with Crippen molar-refractivity contribution >= 4 is 11.8 Å². The van der Waals surface area contributed by atoms with Crippen molar-refractivity contribution in [3.05, 3.63) is 29.8 Å². The first-order chi connectivity index (χ1) is 8.33. The van der Waals surface area contributed by atoms with Crippen molar-refractivity contribution < 1.29 is 5.11 Å². The molecular formula is C14H23NOS. The fourth-order valence-corrected chi connectivity index (χ4v) is 2.91. The zero-order valence-corrected chi connectivity index (χ0v) is 11.6. The van der Waals surface area contributed by atoms with Crippen molar-refractivity contribution in [2.75, 3.05) is 18.9 Å². The van der Waals surface area contributed by atoms with Crippen LogP contribution in [0.1, 0.15) is 38.3 Å². The van der Waals surface area contributed by atoms with Crippen molar-refractivity contribution in [1.82, 2.24) is 5.32 Å². The molecule has 0 heterocycles. The van der Waals surface area contributed by atoms with Crippen LogP contribution >= 0.6 is 11.8 Å². The Morgan fingerprint density at radius 2 is 2.06 bits per heavy atom. The molecule has 0 bridgehead atoms. The van der Waals surface area contributed by atoms with Crippen LogP contribution in [0, 0.1) is 0 Å². The molecular weight excluding hydrogens is 230 g/mol. The lowest BCUT2D eigenvalue weighted by Crippen LogP contribution is -2.20. The minimum absolute atomic E-state index is 0.277. The van der Waals surface area contributed by atoms with E-state index in [2.05, 4.69) is 43.4 Å². The predicted octanol–water partition coefficient (Wildman–Crippen LogP) is 3.22. The highest BCUT2D eigenvalue weighted by Crippen LogP contribution is 2.29. The van der Waals surface area contributed by atoms with Gasteiger partial charge in [-0.05, 0) is 31.0 Å². The van der Waals surface area contributed by atoms with Gasteiger partial charge in [0.2, 0.25) is 0 Å². The topological polar surface area (TPSA) is 32.3 Å². The standard InChI is InChI=1S/C14H23NOS/c1-3-13(15-4-2)12-8-5-6-9-14(12)17-11-7-10-16/h5-6,8-9,13,15-16H,3-4,7,10-11H2,1-2H3. The van der Waals surface area contributed by atoms with E-state index in [9.17, 15) is 0 Å². The van der Waals surface area contributed by atoms with Gasteiger partial charge in [0.1, 0.15) is 0 Å². The fourth-order valence-electron chi connectivity index (χ4n) is 1.87. The Labute approximate surface area is 109 Å². The van der Waals surface area contributed by atoms with Gasteiger partial charge in [-0.1, -0.05) is 32.0 Å². The maximum Gasteiger partial charge on any atom is 0.0439 e. The summed E-state index contributed by atoms with van der Waals surface area (Å²) in [6, 6.07) is 9.02. The highest BCUT2D eigenvalue weighted by atomic mass is 32.2. The minimum atomic E-state index is 0.277. The molecule has 3 heteroatoms. The number of aliphatic hydroxyl groups is 1. The lowest BCUT2D eigenvalue weighted by atomic mass is 10.0. The molecule has 1 unspecified atom stereocenters. The molecule has 1 atom stereocenters. The molecule has 0 saturated heterocycles. The van der Waals surface area contributed by atoms with Gasteiger partial charge in [0, 0.05) is 23.3 Å². The Kier molecular flexibility index (Phi) is 7.33. The number of nitrogens with one attached hydrogen (secondary N) is 1. The summed E-state index contributed by atoms with van der Waals surface area (Å²) in [5, 5.41) is 12.3. The predicted molar refractivity (Wildman–Crippen MR) is 75.6 cm³/mol. The molecule has 17 heavy (non-hydrogen) atoms. The van der Waals surface area contributed by atoms with E-state index in [1.165, 1.54) is 10.5 Å². The molecule has 0 aliphatic carbocycles. The summed E-state index contributed by atoms with van der Waals surface area (Å²) in [5.74, 6) is 0.982. The summed E-state index contributed by atoms with van der Waals surface area (Å²) in [5.41, 5.74) is 1.39. The zero-order chi connectivity index (χ0) is 12.5. The molecule has 0 amide bonds. The Hall–Kier alpha value is -0.510. The van der Waals surface area contributed by atoms with Gasteiger partial charge in [0.25, 0.3) is 0 Å². The van der Waals surface area contributed by atoms with Gasteiger partial charge in [0.15, 0.2) is 0 Å². The summed E-state index contributed by atoms with van der Waals surface area (Å²) in [7, 11) is 0. The molecule has 0 spiro atoms. The van der Waals surface area contributed by atoms with Gasteiger partial charge in [-0.3, -0.25) is 0 Å². The molecule has 0 aliphatic heterocycles. The first-order valence-corrected chi connectivity index (χ1v) is 7.38. The van der Waals surface area contributed by atoms with Crippen LogP contribution < -0.4 is 5.32 Å². The van der Waals surface area contributed by atoms with E-state index in [1.54, 1.807) is 0 Å². The molecule has 0 aliphatic rings. The van der Waals surface area contributed by atoms with Gasteiger partial charge < -0.3 is 10.4 Å². The third kappa shape index (κ3) is 4.70. The van der Waals surface area contributed by atoms with Crippen molar-refractivity contribution in [3.63, 3.8) is 0 Å². The van der Waals surface area contributed by atoms with Crippen molar-refractivity contribution in [2.24, 2.45) is 0 Å².